The fraction of sp³-hybridized carbons (Fsp3) is 0.316. The van der Waals surface area contributed by atoms with Crippen molar-refractivity contribution in [1.82, 2.24) is 5.32 Å². The van der Waals surface area contributed by atoms with Gasteiger partial charge in [-0.2, -0.15) is 0 Å². The van der Waals surface area contributed by atoms with Crippen molar-refractivity contribution in [3.05, 3.63) is 65.7 Å². The number of hydrogen-bond donors (Lipinski definition) is 2. The van der Waals surface area contributed by atoms with Crippen LogP contribution in [0.3, 0.4) is 0 Å². The maximum atomic E-state index is 12.7. The molecule has 0 bridgehead atoms. The van der Waals surface area contributed by atoms with Gasteiger partial charge < -0.3 is 10.6 Å². The summed E-state index contributed by atoms with van der Waals surface area (Å²) < 4.78 is 0. The molecule has 0 aliphatic heterocycles. The van der Waals surface area contributed by atoms with Gasteiger partial charge in [0.05, 0.1) is 5.41 Å². The Morgan fingerprint density at radius 3 is 2.55 bits per heavy atom. The van der Waals surface area contributed by atoms with Crippen molar-refractivity contribution in [3.8, 4) is 0 Å². The van der Waals surface area contributed by atoms with Gasteiger partial charge >= 0.3 is 0 Å². The summed E-state index contributed by atoms with van der Waals surface area (Å²) >= 11 is 0. The Kier molecular flexibility index (Phi) is 4.25. The molecule has 0 heterocycles. The van der Waals surface area contributed by atoms with Gasteiger partial charge in [-0.3, -0.25) is 4.79 Å². The van der Waals surface area contributed by atoms with Gasteiger partial charge in [-0.05, 0) is 42.6 Å². The standard InChI is InChI=1S/C19H22N2O/c1-2-20-14-15-7-6-10-17(13-15)21-18(22)19(11-12-19)16-8-4-3-5-9-16/h3-10,13,20H,2,11-12,14H2,1H3,(H,21,22). The first-order valence-electron chi connectivity index (χ1n) is 7.91. The van der Waals surface area contributed by atoms with Crippen LogP contribution in [0.4, 0.5) is 5.69 Å². The maximum Gasteiger partial charge on any atom is 0.235 e. The second-order valence-corrected chi connectivity index (χ2v) is 5.88. The number of amides is 1. The predicted molar refractivity (Wildman–Crippen MR) is 89.8 cm³/mol. The molecule has 1 amide bonds. The minimum absolute atomic E-state index is 0.110. The molecular formula is C19H22N2O. The molecule has 1 aliphatic rings. The van der Waals surface area contributed by atoms with Gasteiger partial charge in [0.25, 0.3) is 0 Å². The van der Waals surface area contributed by atoms with Crippen LogP contribution in [-0.4, -0.2) is 12.5 Å². The summed E-state index contributed by atoms with van der Waals surface area (Å²) in [5.41, 5.74) is 2.86. The Morgan fingerprint density at radius 1 is 1.09 bits per heavy atom. The molecule has 3 nitrogen and oxygen atoms in total. The fourth-order valence-corrected chi connectivity index (χ4v) is 2.81. The van der Waals surface area contributed by atoms with E-state index in [1.807, 2.05) is 48.5 Å². The van der Waals surface area contributed by atoms with Gasteiger partial charge in [-0.1, -0.05) is 49.4 Å². The molecule has 1 saturated carbocycles. The average molecular weight is 294 g/mol. The van der Waals surface area contributed by atoms with Gasteiger partial charge in [0.1, 0.15) is 0 Å². The third-order valence-corrected chi connectivity index (χ3v) is 4.27. The number of carbonyl (C=O) groups excluding carboxylic acids is 1. The summed E-state index contributed by atoms with van der Waals surface area (Å²) in [6, 6.07) is 18.1. The average Bonchev–Trinajstić information content (AvgIpc) is 3.36. The Hall–Kier alpha value is -2.13. The number of hydrogen-bond acceptors (Lipinski definition) is 2. The minimum atomic E-state index is -0.321. The quantitative estimate of drug-likeness (QED) is 0.856. The van der Waals surface area contributed by atoms with Gasteiger partial charge in [0.15, 0.2) is 0 Å². The zero-order chi connectivity index (χ0) is 15.4. The third-order valence-electron chi connectivity index (χ3n) is 4.27. The van der Waals surface area contributed by atoms with Gasteiger partial charge in [-0.15, -0.1) is 0 Å². The highest BCUT2D eigenvalue weighted by atomic mass is 16.2. The maximum absolute atomic E-state index is 12.7. The molecule has 0 radical (unpaired) electrons. The monoisotopic (exact) mass is 294 g/mol. The van der Waals surface area contributed by atoms with E-state index in [0.29, 0.717) is 0 Å². The van der Waals surface area contributed by atoms with Crippen molar-refractivity contribution in [2.24, 2.45) is 0 Å². The van der Waals surface area contributed by atoms with Crippen molar-refractivity contribution in [3.63, 3.8) is 0 Å². The highest BCUT2D eigenvalue weighted by Crippen LogP contribution is 2.48. The molecule has 114 valence electrons. The second-order valence-electron chi connectivity index (χ2n) is 5.88. The van der Waals surface area contributed by atoms with E-state index in [4.69, 9.17) is 0 Å². The summed E-state index contributed by atoms with van der Waals surface area (Å²) in [6.07, 6.45) is 1.86. The molecule has 0 saturated heterocycles. The molecule has 0 unspecified atom stereocenters. The molecule has 2 aromatic carbocycles. The molecule has 22 heavy (non-hydrogen) atoms. The summed E-state index contributed by atoms with van der Waals surface area (Å²) in [4.78, 5) is 12.7. The summed E-state index contributed by atoms with van der Waals surface area (Å²) in [7, 11) is 0. The van der Waals surface area contributed by atoms with Crippen molar-refractivity contribution in [1.29, 1.82) is 0 Å². The SMILES string of the molecule is CCNCc1cccc(NC(=O)C2(c3ccccc3)CC2)c1. The molecule has 0 spiro atoms. The summed E-state index contributed by atoms with van der Waals surface area (Å²) in [5.74, 6) is 0.110. The van der Waals surface area contributed by atoms with Crippen molar-refractivity contribution < 1.29 is 4.79 Å². The highest BCUT2D eigenvalue weighted by molar-refractivity contribution is 6.01. The summed E-state index contributed by atoms with van der Waals surface area (Å²) in [5, 5.41) is 6.39. The largest absolute Gasteiger partial charge is 0.325 e. The minimum Gasteiger partial charge on any atom is -0.325 e. The Balaban J connectivity index is 1.72. The first-order valence-corrected chi connectivity index (χ1v) is 7.91. The van der Waals surface area contributed by atoms with Crippen LogP contribution in [0, 0.1) is 0 Å². The lowest BCUT2D eigenvalue weighted by molar-refractivity contribution is -0.118. The molecular weight excluding hydrogens is 272 g/mol. The lowest BCUT2D eigenvalue weighted by Crippen LogP contribution is -2.27. The first kappa shape index (κ1) is 14.8. The number of carbonyl (C=O) groups is 1. The molecule has 3 rings (SSSR count). The number of nitrogens with one attached hydrogen (secondary N) is 2. The van der Waals surface area contributed by atoms with E-state index in [1.165, 1.54) is 5.56 Å². The van der Waals surface area contributed by atoms with Crippen LogP contribution in [0.25, 0.3) is 0 Å². The normalized spacial score (nSPS) is 15.3. The van der Waals surface area contributed by atoms with Crippen LogP contribution in [-0.2, 0) is 16.8 Å². The Bertz CT molecular complexity index is 647. The highest BCUT2D eigenvalue weighted by Gasteiger charge is 2.51. The van der Waals surface area contributed by atoms with E-state index in [-0.39, 0.29) is 11.3 Å². The van der Waals surface area contributed by atoms with Gasteiger partial charge in [-0.25, -0.2) is 0 Å². The second kappa shape index (κ2) is 6.32. The van der Waals surface area contributed by atoms with Crippen LogP contribution in [0.2, 0.25) is 0 Å². The molecule has 2 aromatic rings. The first-order chi connectivity index (χ1) is 10.7. The Labute approximate surface area is 131 Å². The molecule has 1 aliphatic carbocycles. The topological polar surface area (TPSA) is 41.1 Å². The number of anilines is 1. The number of rotatable bonds is 6. The van der Waals surface area contributed by atoms with E-state index in [9.17, 15) is 4.79 Å². The number of benzene rings is 2. The van der Waals surface area contributed by atoms with Crippen LogP contribution in [0.5, 0.6) is 0 Å². The van der Waals surface area contributed by atoms with E-state index in [1.54, 1.807) is 0 Å². The zero-order valence-corrected chi connectivity index (χ0v) is 12.9. The predicted octanol–water partition coefficient (Wildman–Crippen LogP) is 3.47. The van der Waals surface area contributed by atoms with Crippen LogP contribution < -0.4 is 10.6 Å². The summed E-state index contributed by atoms with van der Waals surface area (Å²) in [6.45, 7) is 3.85. The van der Waals surface area contributed by atoms with Crippen molar-refractivity contribution in [2.45, 2.75) is 31.7 Å². The van der Waals surface area contributed by atoms with E-state index >= 15 is 0 Å². The molecule has 0 aromatic heterocycles. The zero-order valence-electron chi connectivity index (χ0n) is 12.9. The van der Waals surface area contributed by atoms with E-state index < -0.39 is 0 Å². The molecule has 1 fully saturated rings. The molecule has 3 heteroatoms. The van der Waals surface area contributed by atoms with Gasteiger partial charge in [0.2, 0.25) is 5.91 Å². The van der Waals surface area contributed by atoms with Crippen LogP contribution in [0.1, 0.15) is 30.9 Å². The lowest BCUT2D eigenvalue weighted by Gasteiger charge is -2.16. The fourth-order valence-electron chi connectivity index (χ4n) is 2.81. The van der Waals surface area contributed by atoms with E-state index in [0.717, 1.165) is 37.2 Å². The smallest absolute Gasteiger partial charge is 0.235 e. The van der Waals surface area contributed by atoms with Crippen molar-refractivity contribution in [2.75, 3.05) is 11.9 Å². The Morgan fingerprint density at radius 2 is 1.86 bits per heavy atom. The van der Waals surface area contributed by atoms with Crippen LogP contribution in [0.15, 0.2) is 54.6 Å². The third kappa shape index (κ3) is 3.04. The van der Waals surface area contributed by atoms with E-state index in [2.05, 4.69) is 23.6 Å². The molecule has 0 atom stereocenters. The van der Waals surface area contributed by atoms with Gasteiger partial charge in [0, 0.05) is 12.2 Å². The van der Waals surface area contributed by atoms with Crippen molar-refractivity contribution >= 4 is 11.6 Å². The van der Waals surface area contributed by atoms with Crippen LogP contribution >= 0.6 is 0 Å². The lowest BCUT2D eigenvalue weighted by atomic mass is 9.95. The molecule has 2 N–H and O–H groups in total.